The van der Waals surface area contributed by atoms with Crippen LogP contribution in [0.3, 0.4) is 0 Å². The first-order valence-corrected chi connectivity index (χ1v) is 6.47. The van der Waals surface area contributed by atoms with Gasteiger partial charge in [-0.25, -0.2) is 0 Å². The predicted octanol–water partition coefficient (Wildman–Crippen LogP) is 3.92. The molecule has 0 saturated carbocycles. The Morgan fingerprint density at radius 3 is 2.47 bits per heavy atom. The highest BCUT2D eigenvalue weighted by atomic mass is 35.5. The molecule has 0 amide bonds. The molecule has 1 aromatic carbocycles. The lowest BCUT2D eigenvalue weighted by Gasteiger charge is -2.24. The first-order chi connectivity index (χ1) is 8.93. The number of halogens is 4. The largest absolute Gasteiger partial charge is 0.416 e. The average Bonchev–Trinajstić information content (AvgIpc) is 2.38. The topological polar surface area (TPSA) is 12.5 Å². The molecule has 0 aliphatic rings. The summed E-state index contributed by atoms with van der Waals surface area (Å²) in [7, 11) is 1.56. The zero-order valence-corrected chi connectivity index (χ0v) is 11.7. The van der Waals surface area contributed by atoms with E-state index < -0.39 is 11.7 Å². The Bertz CT molecular complexity index is 409. The third-order valence-electron chi connectivity index (χ3n) is 2.86. The van der Waals surface area contributed by atoms with Crippen LogP contribution in [0.2, 0.25) is 0 Å². The predicted molar refractivity (Wildman–Crippen MR) is 70.8 cm³/mol. The van der Waals surface area contributed by atoms with Gasteiger partial charge in [-0.15, -0.1) is 11.6 Å². The van der Waals surface area contributed by atoms with Crippen molar-refractivity contribution in [2.75, 3.05) is 31.7 Å². The van der Waals surface area contributed by atoms with Crippen LogP contribution < -0.4 is 4.90 Å². The molecule has 0 bridgehead atoms. The maximum Gasteiger partial charge on any atom is 0.416 e. The van der Waals surface area contributed by atoms with Crippen molar-refractivity contribution in [2.24, 2.45) is 0 Å². The molecular weight excluding hydrogens is 279 g/mol. The number of rotatable bonds is 6. The molecule has 0 N–H and O–H groups in total. The summed E-state index contributed by atoms with van der Waals surface area (Å²) in [4.78, 5) is 1.83. The lowest BCUT2D eigenvalue weighted by atomic mass is 10.1. The highest BCUT2D eigenvalue weighted by Crippen LogP contribution is 2.35. The zero-order valence-electron chi connectivity index (χ0n) is 10.9. The molecule has 19 heavy (non-hydrogen) atoms. The number of nitrogens with zero attached hydrogens (tertiary/aromatic N) is 1. The van der Waals surface area contributed by atoms with Crippen molar-refractivity contribution in [2.45, 2.75) is 19.0 Å². The fourth-order valence-corrected chi connectivity index (χ4v) is 2.05. The van der Waals surface area contributed by atoms with Gasteiger partial charge in [0.15, 0.2) is 0 Å². The van der Waals surface area contributed by atoms with E-state index >= 15 is 0 Å². The lowest BCUT2D eigenvalue weighted by molar-refractivity contribution is -0.138. The van der Waals surface area contributed by atoms with Crippen LogP contribution in [0.4, 0.5) is 18.9 Å². The maximum atomic E-state index is 12.9. The van der Waals surface area contributed by atoms with Crippen LogP contribution in [0.25, 0.3) is 0 Å². The van der Waals surface area contributed by atoms with Crippen LogP contribution in [0, 0.1) is 0 Å². The third kappa shape index (κ3) is 4.28. The second-order valence-electron chi connectivity index (χ2n) is 4.05. The van der Waals surface area contributed by atoms with Crippen molar-refractivity contribution < 1.29 is 17.9 Å². The van der Waals surface area contributed by atoms with Gasteiger partial charge in [-0.05, 0) is 24.6 Å². The van der Waals surface area contributed by atoms with Crippen molar-refractivity contribution in [1.29, 1.82) is 0 Å². The van der Waals surface area contributed by atoms with E-state index in [1.807, 2.05) is 11.8 Å². The van der Waals surface area contributed by atoms with Crippen molar-refractivity contribution in [3.8, 4) is 0 Å². The van der Waals surface area contributed by atoms with Crippen LogP contribution in [0.15, 0.2) is 18.2 Å². The van der Waals surface area contributed by atoms with Gasteiger partial charge in [0.1, 0.15) is 0 Å². The molecule has 0 aromatic heterocycles. The number of ether oxygens (including phenoxy) is 1. The van der Waals surface area contributed by atoms with Gasteiger partial charge in [0.2, 0.25) is 0 Å². The minimum absolute atomic E-state index is 0.0979. The maximum absolute atomic E-state index is 12.9. The Hall–Kier alpha value is -0.940. The number of alkyl halides is 4. The Balaban J connectivity index is 3.09. The normalized spacial score (nSPS) is 11.7. The standard InChI is InChI=1S/C13H17ClF3NO/c1-3-18(6-7-19-2)11-5-4-10(9-14)12(8-11)13(15,16)17/h4-5,8H,3,6-7,9H2,1-2H3. The average molecular weight is 296 g/mol. The van der Waals surface area contributed by atoms with Gasteiger partial charge < -0.3 is 9.64 Å². The van der Waals surface area contributed by atoms with E-state index in [0.29, 0.717) is 25.4 Å². The summed E-state index contributed by atoms with van der Waals surface area (Å²) < 4.78 is 43.8. The van der Waals surface area contributed by atoms with Crippen LogP contribution in [-0.2, 0) is 16.8 Å². The molecule has 0 fully saturated rings. The smallest absolute Gasteiger partial charge is 0.383 e. The minimum atomic E-state index is -4.39. The van der Waals surface area contributed by atoms with E-state index in [0.717, 1.165) is 6.07 Å². The van der Waals surface area contributed by atoms with E-state index in [9.17, 15) is 13.2 Å². The summed E-state index contributed by atoms with van der Waals surface area (Å²) in [5.74, 6) is -0.153. The van der Waals surface area contributed by atoms with Gasteiger partial charge in [0.25, 0.3) is 0 Å². The number of methoxy groups -OCH3 is 1. The molecular formula is C13H17ClF3NO. The molecule has 0 saturated heterocycles. The van der Waals surface area contributed by atoms with Gasteiger partial charge in [-0.1, -0.05) is 6.07 Å². The summed E-state index contributed by atoms with van der Waals surface area (Å²) in [6.07, 6.45) is -4.39. The molecule has 1 aromatic rings. The van der Waals surface area contributed by atoms with E-state index in [-0.39, 0.29) is 11.4 Å². The van der Waals surface area contributed by atoms with Crippen LogP contribution in [0.1, 0.15) is 18.1 Å². The monoisotopic (exact) mass is 295 g/mol. The molecule has 0 heterocycles. The van der Waals surface area contributed by atoms with Crippen molar-refractivity contribution in [3.63, 3.8) is 0 Å². The summed E-state index contributed by atoms with van der Waals surface area (Å²) >= 11 is 5.55. The fraction of sp³-hybridized carbons (Fsp3) is 0.538. The molecule has 2 nitrogen and oxygen atoms in total. The summed E-state index contributed by atoms with van der Waals surface area (Å²) in [6.45, 7) is 3.51. The number of anilines is 1. The van der Waals surface area contributed by atoms with Gasteiger partial charge in [0.05, 0.1) is 12.2 Å². The van der Waals surface area contributed by atoms with Gasteiger partial charge in [-0.3, -0.25) is 0 Å². The van der Waals surface area contributed by atoms with Gasteiger partial charge in [0, 0.05) is 31.8 Å². The summed E-state index contributed by atoms with van der Waals surface area (Å²) in [5, 5.41) is 0. The number of likely N-dealkylation sites (N-methyl/N-ethyl adjacent to an activating group) is 1. The van der Waals surface area contributed by atoms with Crippen LogP contribution >= 0.6 is 11.6 Å². The molecule has 0 aliphatic carbocycles. The zero-order chi connectivity index (χ0) is 14.5. The number of hydrogen-bond donors (Lipinski definition) is 0. The van der Waals surface area contributed by atoms with Crippen molar-refractivity contribution in [1.82, 2.24) is 0 Å². The molecule has 108 valence electrons. The number of hydrogen-bond acceptors (Lipinski definition) is 2. The van der Waals surface area contributed by atoms with Gasteiger partial charge >= 0.3 is 6.18 Å². The van der Waals surface area contributed by atoms with Crippen molar-refractivity contribution in [3.05, 3.63) is 29.3 Å². The third-order valence-corrected chi connectivity index (χ3v) is 3.14. The van der Waals surface area contributed by atoms with E-state index in [2.05, 4.69) is 0 Å². The highest BCUT2D eigenvalue weighted by Gasteiger charge is 2.33. The minimum Gasteiger partial charge on any atom is -0.383 e. The second-order valence-corrected chi connectivity index (χ2v) is 4.31. The molecule has 0 spiro atoms. The Morgan fingerprint density at radius 1 is 1.32 bits per heavy atom. The van der Waals surface area contributed by atoms with Gasteiger partial charge in [-0.2, -0.15) is 13.2 Å². The fourth-order valence-electron chi connectivity index (χ4n) is 1.81. The molecule has 6 heteroatoms. The highest BCUT2D eigenvalue weighted by molar-refractivity contribution is 6.17. The molecule has 0 aliphatic heterocycles. The molecule has 0 atom stereocenters. The first-order valence-electron chi connectivity index (χ1n) is 5.94. The molecule has 0 unspecified atom stereocenters. The van der Waals surface area contributed by atoms with E-state index in [1.54, 1.807) is 13.2 Å². The van der Waals surface area contributed by atoms with Crippen LogP contribution in [-0.4, -0.2) is 26.8 Å². The second kappa shape index (κ2) is 7.01. The van der Waals surface area contributed by atoms with E-state index in [4.69, 9.17) is 16.3 Å². The van der Waals surface area contributed by atoms with E-state index in [1.165, 1.54) is 6.07 Å². The first kappa shape index (κ1) is 16.1. The lowest BCUT2D eigenvalue weighted by Crippen LogP contribution is -2.27. The molecule has 0 radical (unpaired) electrons. The number of benzene rings is 1. The van der Waals surface area contributed by atoms with Crippen molar-refractivity contribution >= 4 is 17.3 Å². The Labute approximate surface area is 116 Å². The summed E-state index contributed by atoms with van der Waals surface area (Å²) in [6, 6.07) is 4.24. The van der Waals surface area contributed by atoms with Crippen LogP contribution in [0.5, 0.6) is 0 Å². The quantitative estimate of drug-likeness (QED) is 0.738. The Morgan fingerprint density at radius 2 is 2.00 bits per heavy atom. The SMILES string of the molecule is CCN(CCOC)c1ccc(CCl)c(C(F)(F)F)c1. The Kier molecular flexibility index (Phi) is 5.94. The summed E-state index contributed by atoms with van der Waals surface area (Å²) in [5.41, 5.74) is -0.0441. The molecule has 1 rings (SSSR count).